The number of ether oxygens (including phenoxy) is 1. The Morgan fingerprint density at radius 3 is 2.50 bits per heavy atom. The Balaban J connectivity index is 1.32. The van der Waals surface area contributed by atoms with Gasteiger partial charge in [0.15, 0.2) is 0 Å². The van der Waals surface area contributed by atoms with Crippen LogP contribution in [-0.4, -0.2) is 46.4 Å². The maximum Gasteiger partial charge on any atom is 0.416 e. The quantitative estimate of drug-likeness (QED) is 0.282. The van der Waals surface area contributed by atoms with Crippen LogP contribution in [0.4, 0.5) is 33.7 Å². The van der Waals surface area contributed by atoms with Gasteiger partial charge in [0.25, 0.3) is 0 Å². The number of para-hydroxylation sites is 1. The van der Waals surface area contributed by atoms with Gasteiger partial charge in [-0.1, -0.05) is 35.9 Å². The monoisotopic (exact) mass is 605 g/mol. The molecule has 2 aromatic carbocycles. The topological polar surface area (TPSA) is 53.8 Å². The third kappa shape index (κ3) is 5.32. The van der Waals surface area contributed by atoms with Crippen LogP contribution in [0, 0.1) is 5.82 Å². The molecular formula is C30H32ClF4N5O2. The molecule has 0 spiro atoms. The van der Waals surface area contributed by atoms with Crippen molar-refractivity contribution in [3.63, 3.8) is 0 Å². The molecule has 2 atom stereocenters. The number of alkyl halides is 3. The van der Waals surface area contributed by atoms with Crippen LogP contribution in [0.5, 0.6) is 0 Å². The summed E-state index contributed by atoms with van der Waals surface area (Å²) in [6.07, 6.45) is 0.645. The number of benzene rings is 2. The second-order valence-electron chi connectivity index (χ2n) is 11.1. The Bertz CT molecular complexity index is 1430. The molecule has 1 aromatic heterocycles. The van der Waals surface area contributed by atoms with Gasteiger partial charge >= 0.3 is 12.2 Å². The number of nitrogens with zero attached hydrogens (tertiary/aromatic N) is 5. The van der Waals surface area contributed by atoms with E-state index in [-0.39, 0.29) is 30.4 Å². The van der Waals surface area contributed by atoms with Gasteiger partial charge < -0.3 is 14.5 Å². The zero-order valence-corrected chi connectivity index (χ0v) is 23.9. The van der Waals surface area contributed by atoms with Crippen LogP contribution in [0.2, 0.25) is 5.02 Å². The van der Waals surface area contributed by atoms with E-state index in [4.69, 9.17) is 21.4 Å². The fourth-order valence-corrected chi connectivity index (χ4v) is 6.69. The van der Waals surface area contributed by atoms with Crippen molar-refractivity contribution in [3.8, 4) is 0 Å². The predicted molar refractivity (Wildman–Crippen MR) is 151 cm³/mol. The van der Waals surface area contributed by atoms with E-state index in [1.54, 1.807) is 34.0 Å². The van der Waals surface area contributed by atoms with Gasteiger partial charge in [0.05, 0.1) is 40.7 Å². The lowest BCUT2D eigenvalue weighted by Crippen LogP contribution is -2.55. The van der Waals surface area contributed by atoms with Gasteiger partial charge in [0, 0.05) is 25.7 Å². The maximum atomic E-state index is 14.6. The summed E-state index contributed by atoms with van der Waals surface area (Å²) in [5, 5.41) is 5.16. The summed E-state index contributed by atoms with van der Waals surface area (Å²) >= 11 is 6.30. The van der Waals surface area contributed by atoms with Crippen LogP contribution >= 0.6 is 11.6 Å². The van der Waals surface area contributed by atoms with Gasteiger partial charge in [-0.2, -0.15) is 18.3 Å². The number of hydrogen-bond acceptors (Lipinski definition) is 4. The fourth-order valence-electron chi connectivity index (χ4n) is 6.41. The van der Waals surface area contributed by atoms with Crippen LogP contribution in [0.15, 0.2) is 48.7 Å². The number of rotatable bonds is 5. The van der Waals surface area contributed by atoms with Crippen molar-refractivity contribution in [1.82, 2.24) is 14.7 Å². The number of carbonyl (C=O) groups excluding carboxylic acids is 1. The van der Waals surface area contributed by atoms with Crippen molar-refractivity contribution in [2.45, 2.75) is 70.1 Å². The van der Waals surface area contributed by atoms with Gasteiger partial charge in [0.2, 0.25) is 0 Å². The summed E-state index contributed by atoms with van der Waals surface area (Å²) in [5.41, 5.74) is 0.680. The first-order valence-corrected chi connectivity index (χ1v) is 14.7. The van der Waals surface area contributed by atoms with Gasteiger partial charge in [-0.3, -0.25) is 4.90 Å². The molecule has 12 heteroatoms. The Morgan fingerprint density at radius 2 is 1.81 bits per heavy atom. The van der Waals surface area contributed by atoms with Crippen molar-refractivity contribution < 1.29 is 27.1 Å². The highest BCUT2D eigenvalue weighted by atomic mass is 35.5. The molecule has 3 aromatic rings. The molecule has 3 aliphatic rings. The third-order valence-corrected chi connectivity index (χ3v) is 8.81. The Labute approximate surface area is 246 Å². The standard InChI is InChI=1S/C30H32ClF4N5O2/c1-19-27-25(18-39(36-27)26-11-4-5-16-42-26)38(17-20-7-2-3-8-22(20)30(33,34)35)29(41)40(19)21-12-14-37(15-13-21)28-23(31)9-6-10-24(28)32/h2-3,6-10,18-19,21,26H,4-5,11-17H2,1H3. The Hall–Kier alpha value is -3.31. The average molecular weight is 606 g/mol. The predicted octanol–water partition coefficient (Wildman–Crippen LogP) is 7.57. The molecule has 2 unspecified atom stereocenters. The molecule has 0 saturated carbocycles. The molecule has 0 aliphatic carbocycles. The van der Waals surface area contributed by atoms with E-state index in [0.717, 1.165) is 25.3 Å². The highest BCUT2D eigenvalue weighted by Crippen LogP contribution is 2.42. The SMILES string of the molecule is CC1c2nn(C3CCCCO3)cc2N(Cc2ccccc2C(F)(F)F)C(=O)N1C1CCN(c2c(F)cccc2Cl)CC1. The first kappa shape index (κ1) is 28.8. The van der Waals surface area contributed by atoms with Gasteiger partial charge in [-0.15, -0.1) is 0 Å². The summed E-state index contributed by atoms with van der Waals surface area (Å²) in [4.78, 5) is 19.2. The van der Waals surface area contributed by atoms with E-state index in [9.17, 15) is 22.4 Å². The number of piperidine rings is 1. The van der Waals surface area contributed by atoms with E-state index >= 15 is 0 Å². The number of urea groups is 1. The summed E-state index contributed by atoms with van der Waals surface area (Å²) in [6.45, 7) is 3.18. The van der Waals surface area contributed by atoms with Gasteiger partial charge in [-0.25, -0.2) is 13.9 Å². The van der Waals surface area contributed by atoms with Crippen molar-refractivity contribution in [1.29, 1.82) is 0 Å². The van der Waals surface area contributed by atoms with Crippen LogP contribution in [0.25, 0.3) is 0 Å². The second kappa shape index (κ2) is 11.4. The summed E-state index contributed by atoms with van der Waals surface area (Å²) in [7, 11) is 0. The Morgan fingerprint density at radius 1 is 1.05 bits per heavy atom. The highest BCUT2D eigenvalue weighted by Gasteiger charge is 2.44. The van der Waals surface area contributed by atoms with Gasteiger partial charge in [0.1, 0.15) is 17.7 Å². The van der Waals surface area contributed by atoms with Crippen molar-refractivity contribution >= 4 is 29.0 Å². The van der Waals surface area contributed by atoms with Crippen LogP contribution in [-0.2, 0) is 17.5 Å². The summed E-state index contributed by atoms with van der Waals surface area (Å²) < 4.78 is 64.0. The molecule has 6 rings (SSSR count). The minimum Gasteiger partial charge on any atom is -0.368 e. The minimum atomic E-state index is -4.56. The molecule has 0 bridgehead atoms. The van der Waals surface area contributed by atoms with Gasteiger partial charge in [-0.05, 0) is 62.8 Å². The maximum absolute atomic E-state index is 14.6. The molecule has 4 heterocycles. The number of anilines is 2. The normalized spacial score (nSPS) is 22.0. The van der Waals surface area contributed by atoms with Crippen molar-refractivity contribution in [2.75, 3.05) is 29.5 Å². The number of fused-ring (bicyclic) bond motifs is 1. The van der Waals surface area contributed by atoms with E-state index in [2.05, 4.69) is 0 Å². The van der Waals surface area contributed by atoms with E-state index in [1.165, 1.54) is 23.1 Å². The lowest BCUT2D eigenvalue weighted by molar-refractivity contribution is -0.138. The van der Waals surface area contributed by atoms with E-state index in [0.29, 0.717) is 54.6 Å². The smallest absolute Gasteiger partial charge is 0.368 e. The fraction of sp³-hybridized carbons (Fsp3) is 0.467. The molecule has 0 radical (unpaired) electrons. The van der Waals surface area contributed by atoms with Crippen LogP contribution in [0.1, 0.15) is 68.1 Å². The average Bonchev–Trinajstić information content (AvgIpc) is 3.42. The first-order valence-electron chi connectivity index (χ1n) is 14.3. The van der Waals surface area contributed by atoms with Crippen LogP contribution in [0.3, 0.4) is 0 Å². The lowest BCUT2D eigenvalue weighted by atomic mass is 9.97. The molecule has 2 amide bonds. The van der Waals surface area contributed by atoms with Crippen molar-refractivity contribution in [2.24, 2.45) is 0 Å². The molecule has 42 heavy (non-hydrogen) atoms. The number of carbonyl (C=O) groups is 1. The Kier molecular flexibility index (Phi) is 7.82. The molecule has 224 valence electrons. The number of amides is 2. The number of aromatic nitrogens is 2. The minimum absolute atomic E-state index is 0.00415. The van der Waals surface area contributed by atoms with Crippen molar-refractivity contribution in [3.05, 3.63) is 76.3 Å². The molecule has 2 saturated heterocycles. The zero-order chi connectivity index (χ0) is 29.6. The zero-order valence-electron chi connectivity index (χ0n) is 23.2. The molecule has 3 aliphatic heterocycles. The first-order chi connectivity index (χ1) is 20.1. The molecule has 2 fully saturated rings. The van der Waals surface area contributed by atoms with E-state index in [1.807, 2.05) is 11.8 Å². The largest absolute Gasteiger partial charge is 0.416 e. The highest BCUT2D eigenvalue weighted by molar-refractivity contribution is 6.33. The number of halogens is 5. The number of hydrogen-bond donors (Lipinski definition) is 0. The second-order valence-corrected chi connectivity index (χ2v) is 11.5. The summed E-state index contributed by atoms with van der Waals surface area (Å²) in [6, 6.07) is 8.89. The molecule has 0 N–H and O–H groups in total. The summed E-state index contributed by atoms with van der Waals surface area (Å²) in [5.74, 6) is -0.405. The van der Waals surface area contributed by atoms with Crippen LogP contribution < -0.4 is 9.80 Å². The lowest BCUT2D eigenvalue weighted by Gasteiger charge is -2.46. The van der Waals surface area contributed by atoms with E-state index < -0.39 is 23.6 Å². The molecule has 7 nitrogen and oxygen atoms in total. The third-order valence-electron chi connectivity index (χ3n) is 8.51. The molecular weight excluding hydrogens is 574 g/mol.